The van der Waals surface area contributed by atoms with Crippen molar-refractivity contribution in [3.63, 3.8) is 0 Å². The van der Waals surface area contributed by atoms with Crippen LogP contribution in [0.25, 0.3) is 0 Å². The van der Waals surface area contributed by atoms with Crippen molar-refractivity contribution >= 4 is 43.2 Å². The van der Waals surface area contributed by atoms with Crippen LogP contribution in [0.15, 0.2) is 9.85 Å². The summed E-state index contributed by atoms with van der Waals surface area (Å²) in [5.74, 6) is 0. The van der Waals surface area contributed by atoms with Gasteiger partial charge in [0.25, 0.3) is 0 Å². The van der Waals surface area contributed by atoms with Crippen molar-refractivity contribution < 1.29 is 0 Å². The van der Waals surface area contributed by atoms with Crippen LogP contribution in [-0.2, 0) is 12.8 Å². The van der Waals surface area contributed by atoms with Gasteiger partial charge in [0.15, 0.2) is 0 Å². The van der Waals surface area contributed by atoms with Crippen molar-refractivity contribution in [2.75, 3.05) is 0 Å². The van der Waals surface area contributed by atoms with Crippen molar-refractivity contribution in [3.8, 4) is 0 Å². The van der Waals surface area contributed by atoms with Crippen LogP contribution in [0.5, 0.6) is 0 Å². The third-order valence-electron chi connectivity index (χ3n) is 6.46. The minimum absolute atomic E-state index is 0.750. The summed E-state index contributed by atoms with van der Waals surface area (Å²) in [5, 5.41) is 0. The van der Waals surface area contributed by atoms with Crippen molar-refractivity contribution in [1.29, 1.82) is 0 Å². The molecule has 1 rings (SSSR count). The third kappa shape index (κ3) is 16.9. The maximum Gasteiger partial charge on any atom is 0.0704 e. The summed E-state index contributed by atoms with van der Waals surface area (Å²) >= 11 is 9.60. The highest BCUT2D eigenvalue weighted by molar-refractivity contribution is 9.11. The summed E-state index contributed by atoms with van der Waals surface area (Å²) in [6.45, 7) is 4.59. The van der Waals surface area contributed by atoms with E-state index in [4.69, 9.17) is 0 Å². The highest BCUT2D eigenvalue weighted by atomic mass is 79.9. The molecule has 0 fully saturated rings. The number of halogens is 2. The van der Waals surface area contributed by atoms with E-state index in [0.29, 0.717) is 0 Å². The Balaban J connectivity index is 2.06. The molecule has 31 heavy (non-hydrogen) atoms. The Kier molecular flexibility index (Phi) is 20.3. The maximum atomic E-state index is 3.88. The van der Waals surface area contributed by atoms with Crippen LogP contribution in [0.1, 0.15) is 146 Å². The number of alkyl halides is 1. The molecule has 0 bridgehead atoms. The van der Waals surface area contributed by atoms with E-state index in [-0.39, 0.29) is 0 Å². The average molecular weight is 579 g/mol. The van der Waals surface area contributed by atoms with E-state index < -0.39 is 0 Å². The van der Waals surface area contributed by atoms with E-state index >= 15 is 0 Å². The molecule has 0 nitrogen and oxygen atoms in total. The lowest BCUT2D eigenvalue weighted by molar-refractivity contribution is 0.555. The van der Waals surface area contributed by atoms with Gasteiger partial charge < -0.3 is 0 Å². The van der Waals surface area contributed by atoms with Gasteiger partial charge in [0, 0.05) is 9.70 Å². The first-order valence-corrected chi connectivity index (χ1v) is 16.1. The van der Waals surface area contributed by atoms with Gasteiger partial charge in [-0.2, -0.15) is 0 Å². The fraction of sp³-hybridized carbons (Fsp3) is 0.857. The van der Waals surface area contributed by atoms with Gasteiger partial charge in [-0.15, -0.1) is 11.3 Å². The van der Waals surface area contributed by atoms with Gasteiger partial charge in [0.1, 0.15) is 0 Å². The van der Waals surface area contributed by atoms with Crippen molar-refractivity contribution in [3.05, 3.63) is 20.3 Å². The van der Waals surface area contributed by atoms with Crippen LogP contribution < -0.4 is 0 Å². The highest BCUT2D eigenvalue weighted by Crippen LogP contribution is 2.30. The molecule has 1 atom stereocenters. The van der Waals surface area contributed by atoms with Crippen LogP contribution in [0.3, 0.4) is 0 Å². The maximum absolute atomic E-state index is 3.88. The van der Waals surface area contributed by atoms with Crippen molar-refractivity contribution in [1.82, 2.24) is 0 Å². The van der Waals surface area contributed by atoms with Crippen LogP contribution in [0.2, 0.25) is 0 Å². The molecule has 0 spiro atoms. The topological polar surface area (TPSA) is 0 Å². The summed E-state index contributed by atoms with van der Waals surface area (Å²) in [5.41, 5.74) is 1.63. The van der Waals surface area contributed by atoms with E-state index in [9.17, 15) is 0 Å². The lowest BCUT2D eigenvalue weighted by Crippen LogP contribution is -1.97. The molecule has 0 saturated heterocycles. The average Bonchev–Trinajstić information content (AvgIpc) is 3.11. The minimum atomic E-state index is 0.750. The van der Waals surface area contributed by atoms with Crippen LogP contribution in [-0.4, -0.2) is 4.83 Å². The quantitative estimate of drug-likeness (QED) is 0.0948. The lowest BCUT2D eigenvalue weighted by atomic mass is 10.0. The first kappa shape index (κ1) is 29.7. The second kappa shape index (κ2) is 21.2. The Morgan fingerprint density at radius 3 is 1.71 bits per heavy atom. The normalized spacial score (nSPS) is 12.5. The molecule has 0 aliphatic heterocycles. The molecule has 0 aliphatic carbocycles. The Hall–Kier alpha value is 0.660. The summed E-state index contributed by atoms with van der Waals surface area (Å²) in [7, 11) is 0. The van der Waals surface area contributed by atoms with Gasteiger partial charge in [0.2, 0.25) is 0 Å². The zero-order valence-electron chi connectivity index (χ0n) is 20.7. The highest BCUT2D eigenvalue weighted by Gasteiger charge is 2.08. The fourth-order valence-electron chi connectivity index (χ4n) is 4.42. The second-order valence-electron chi connectivity index (χ2n) is 9.48. The predicted octanol–water partition coefficient (Wildman–Crippen LogP) is 11.8. The Labute approximate surface area is 216 Å². The molecule has 182 valence electrons. The van der Waals surface area contributed by atoms with Gasteiger partial charge in [0.05, 0.1) is 3.79 Å². The van der Waals surface area contributed by atoms with E-state index in [0.717, 1.165) is 4.83 Å². The summed E-state index contributed by atoms with van der Waals surface area (Å²) < 4.78 is 1.33. The zero-order valence-corrected chi connectivity index (χ0v) is 24.7. The molecule has 1 unspecified atom stereocenters. The van der Waals surface area contributed by atoms with Crippen LogP contribution in [0.4, 0.5) is 0 Å². The minimum Gasteiger partial charge on any atom is -0.133 e. The number of aryl methyl sites for hydroxylation is 2. The molecule has 0 aliphatic rings. The number of hydrogen-bond donors (Lipinski definition) is 0. The van der Waals surface area contributed by atoms with E-state index in [1.54, 1.807) is 10.4 Å². The molecule has 0 amide bonds. The largest absolute Gasteiger partial charge is 0.133 e. The zero-order chi connectivity index (χ0) is 22.6. The molecule has 0 N–H and O–H groups in total. The molecule has 0 radical (unpaired) electrons. The standard InChI is InChI=1S/C28H50Br2S/c1-3-5-7-8-9-10-11-12-13-17-20-25-24-28(30)31-27(25)23-19-15-14-18-22-26(29)21-16-6-4-2/h24,26H,3-23H2,1-2H3. The van der Waals surface area contributed by atoms with Crippen LogP contribution >= 0.6 is 43.2 Å². The van der Waals surface area contributed by atoms with Gasteiger partial charge in [-0.1, -0.05) is 126 Å². The van der Waals surface area contributed by atoms with Gasteiger partial charge in [-0.05, 0) is 66.1 Å². The summed E-state index contributed by atoms with van der Waals surface area (Å²) in [6.07, 6.45) is 29.2. The molecule has 1 aromatic heterocycles. The smallest absolute Gasteiger partial charge is 0.0704 e. The monoisotopic (exact) mass is 576 g/mol. The van der Waals surface area contributed by atoms with Gasteiger partial charge in [-0.25, -0.2) is 0 Å². The molecule has 0 saturated carbocycles. The first-order valence-electron chi connectivity index (χ1n) is 13.6. The van der Waals surface area contributed by atoms with Crippen molar-refractivity contribution in [2.24, 2.45) is 0 Å². The molecule has 1 aromatic rings. The first-order chi connectivity index (χ1) is 15.2. The molecule has 0 aromatic carbocycles. The van der Waals surface area contributed by atoms with E-state index in [1.165, 1.54) is 139 Å². The second-order valence-corrected chi connectivity index (χ2v) is 13.3. The molecule has 1 heterocycles. The molecular weight excluding hydrogens is 528 g/mol. The number of hydrogen-bond acceptors (Lipinski definition) is 1. The van der Waals surface area contributed by atoms with E-state index in [2.05, 4.69) is 51.8 Å². The third-order valence-corrected chi connectivity index (χ3v) is 9.11. The fourth-order valence-corrected chi connectivity index (χ4v) is 6.91. The lowest BCUT2D eigenvalue weighted by Gasteiger charge is -2.09. The van der Waals surface area contributed by atoms with Gasteiger partial charge >= 0.3 is 0 Å². The Morgan fingerprint density at radius 2 is 1.10 bits per heavy atom. The summed E-state index contributed by atoms with van der Waals surface area (Å²) in [4.78, 5) is 2.40. The Morgan fingerprint density at radius 1 is 0.645 bits per heavy atom. The van der Waals surface area contributed by atoms with E-state index in [1.807, 2.05) is 11.3 Å². The predicted molar refractivity (Wildman–Crippen MR) is 151 cm³/mol. The summed E-state index contributed by atoms with van der Waals surface area (Å²) in [6, 6.07) is 2.40. The van der Waals surface area contributed by atoms with Crippen molar-refractivity contribution in [2.45, 2.75) is 154 Å². The van der Waals surface area contributed by atoms with Crippen LogP contribution in [0, 0.1) is 0 Å². The SMILES string of the molecule is CCCCCCCCCCCCc1cc(Br)sc1CCCCCCC(Br)CCCCC. The molecule has 3 heteroatoms. The number of thiophene rings is 1. The van der Waals surface area contributed by atoms with Gasteiger partial charge in [-0.3, -0.25) is 0 Å². The molecular formula is C28H50Br2S. The number of unbranched alkanes of at least 4 members (excludes halogenated alkanes) is 14. The Bertz CT molecular complexity index is 511. The number of rotatable bonds is 22.